The molecule has 0 spiro atoms. The molecule has 0 amide bonds. The van der Waals surface area contributed by atoms with E-state index in [-0.39, 0.29) is 4.90 Å². The van der Waals surface area contributed by atoms with Crippen LogP contribution in [0.15, 0.2) is 53.4 Å². The van der Waals surface area contributed by atoms with Gasteiger partial charge in [0, 0.05) is 6.42 Å². The molecule has 106 valence electrons. The van der Waals surface area contributed by atoms with Crippen LogP contribution in [0.4, 0.5) is 0 Å². The summed E-state index contributed by atoms with van der Waals surface area (Å²) in [6.07, 6.45) is 0.803. The van der Waals surface area contributed by atoms with E-state index in [2.05, 4.69) is 0 Å². The Labute approximate surface area is 119 Å². The molecule has 0 fully saturated rings. The maximum absolute atomic E-state index is 11.2. The third kappa shape index (κ3) is 3.82. The molecule has 0 bridgehead atoms. The zero-order chi connectivity index (χ0) is 14.6. The fourth-order valence-electron chi connectivity index (χ4n) is 1.88. The molecule has 0 radical (unpaired) electrons. The number of rotatable bonds is 5. The van der Waals surface area contributed by atoms with Crippen LogP contribution >= 0.6 is 0 Å². The van der Waals surface area contributed by atoms with Gasteiger partial charge in [0.15, 0.2) is 0 Å². The van der Waals surface area contributed by atoms with Crippen molar-refractivity contribution in [3.05, 3.63) is 59.7 Å². The highest BCUT2D eigenvalue weighted by Crippen LogP contribution is 2.21. The molecule has 4 nitrogen and oxygen atoms in total. The first kappa shape index (κ1) is 14.6. The summed E-state index contributed by atoms with van der Waals surface area (Å²) in [6, 6.07) is 14.7. The Hall–Kier alpha value is -1.85. The molecule has 2 N–H and O–H groups in total. The van der Waals surface area contributed by atoms with Crippen LogP contribution in [0.3, 0.4) is 0 Å². The standard InChI is InChI=1S/C15H17NO3S/c1-12-11-14(20(16,17)18)7-8-15(12)19-10-9-13-5-3-2-4-6-13/h2-8,11H,9-10H2,1H3,(H2,16,17,18). The van der Waals surface area contributed by atoms with E-state index in [9.17, 15) is 8.42 Å². The van der Waals surface area contributed by atoms with Crippen molar-refractivity contribution in [2.45, 2.75) is 18.2 Å². The van der Waals surface area contributed by atoms with Gasteiger partial charge in [0.1, 0.15) is 5.75 Å². The van der Waals surface area contributed by atoms with Gasteiger partial charge in [0.05, 0.1) is 11.5 Å². The molecule has 0 aromatic heterocycles. The van der Waals surface area contributed by atoms with Crippen LogP contribution in [-0.2, 0) is 16.4 Å². The highest BCUT2D eigenvalue weighted by atomic mass is 32.2. The summed E-state index contributed by atoms with van der Waals surface area (Å²) >= 11 is 0. The first-order valence-electron chi connectivity index (χ1n) is 6.27. The number of primary sulfonamides is 1. The van der Waals surface area contributed by atoms with Crippen LogP contribution in [0.5, 0.6) is 5.75 Å². The van der Waals surface area contributed by atoms with Crippen molar-refractivity contribution in [3.8, 4) is 5.75 Å². The van der Waals surface area contributed by atoms with E-state index in [0.29, 0.717) is 12.4 Å². The average molecular weight is 291 g/mol. The molecule has 0 heterocycles. The van der Waals surface area contributed by atoms with Crippen LogP contribution in [0.25, 0.3) is 0 Å². The highest BCUT2D eigenvalue weighted by Gasteiger charge is 2.10. The summed E-state index contributed by atoms with van der Waals surface area (Å²) in [4.78, 5) is 0.102. The van der Waals surface area contributed by atoms with Gasteiger partial charge < -0.3 is 4.74 Å². The molecule has 0 aliphatic heterocycles. The largest absolute Gasteiger partial charge is 0.493 e. The number of sulfonamides is 1. The van der Waals surface area contributed by atoms with Crippen molar-refractivity contribution in [2.75, 3.05) is 6.61 Å². The summed E-state index contributed by atoms with van der Waals surface area (Å²) in [6.45, 7) is 2.34. The van der Waals surface area contributed by atoms with Gasteiger partial charge in [0.25, 0.3) is 0 Å². The third-order valence-electron chi connectivity index (χ3n) is 2.97. The number of hydrogen-bond acceptors (Lipinski definition) is 3. The maximum Gasteiger partial charge on any atom is 0.238 e. The summed E-state index contributed by atoms with van der Waals surface area (Å²) in [5, 5.41) is 5.08. The lowest BCUT2D eigenvalue weighted by Gasteiger charge is -2.10. The lowest BCUT2D eigenvalue weighted by molar-refractivity contribution is 0.319. The molecule has 0 aliphatic carbocycles. The van der Waals surface area contributed by atoms with Crippen LogP contribution < -0.4 is 9.88 Å². The normalized spacial score (nSPS) is 11.3. The summed E-state index contributed by atoms with van der Waals surface area (Å²) in [7, 11) is -3.66. The number of nitrogens with two attached hydrogens (primary N) is 1. The molecule has 0 saturated heterocycles. The zero-order valence-corrected chi connectivity index (χ0v) is 12.1. The SMILES string of the molecule is Cc1cc(S(N)(=O)=O)ccc1OCCc1ccccc1. The van der Waals surface area contributed by atoms with Gasteiger partial charge in [-0.1, -0.05) is 30.3 Å². The van der Waals surface area contributed by atoms with E-state index in [1.165, 1.54) is 17.7 Å². The second-order valence-electron chi connectivity index (χ2n) is 4.56. The Morgan fingerprint density at radius 3 is 2.40 bits per heavy atom. The van der Waals surface area contributed by atoms with Crippen LogP contribution in [0.1, 0.15) is 11.1 Å². The molecular weight excluding hydrogens is 274 g/mol. The Bertz CT molecular complexity index is 682. The van der Waals surface area contributed by atoms with Crippen molar-refractivity contribution in [2.24, 2.45) is 5.14 Å². The van der Waals surface area contributed by atoms with Crippen LogP contribution in [0, 0.1) is 6.92 Å². The van der Waals surface area contributed by atoms with Crippen LogP contribution in [0.2, 0.25) is 0 Å². The molecule has 0 aliphatic rings. The van der Waals surface area contributed by atoms with E-state index in [1.807, 2.05) is 30.3 Å². The second-order valence-corrected chi connectivity index (χ2v) is 6.12. The molecule has 2 rings (SSSR count). The minimum absolute atomic E-state index is 0.102. The Balaban J connectivity index is 2.00. The van der Waals surface area contributed by atoms with Gasteiger partial charge in [-0.15, -0.1) is 0 Å². The van der Waals surface area contributed by atoms with E-state index >= 15 is 0 Å². The zero-order valence-electron chi connectivity index (χ0n) is 11.2. The predicted octanol–water partition coefficient (Wildman–Crippen LogP) is 2.26. The summed E-state index contributed by atoms with van der Waals surface area (Å²) in [5.41, 5.74) is 1.95. The molecule has 5 heteroatoms. The van der Waals surface area contributed by atoms with Gasteiger partial charge in [-0.25, -0.2) is 13.6 Å². The molecule has 2 aromatic rings. The van der Waals surface area contributed by atoms with E-state index in [4.69, 9.17) is 9.88 Å². The lowest BCUT2D eigenvalue weighted by atomic mass is 10.2. The Morgan fingerprint density at radius 2 is 1.80 bits per heavy atom. The first-order valence-corrected chi connectivity index (χ1v) is 7.81. The second kappa shape index (κ2) is 6.07. The average Bonchev–Trinajstić information content (AvgIpc) is 2.40. The third-order valence-corrected chi connectivity index (χ3v) is 3.88. The van der Waals surface area contributed by atoms with Gasteiger partial charge >= 0.3 is 0 Å². The minimum Gasteiger partial charge on any atom is -0.493 e. The number of ether oxygens (including phenoxy) is 1. The van der Waals surface area contributed by atoms with Gasteiger partial charge in [-0.05, 0) is 36.2 Å². The molecule has 0 saturated carbocycles. The number of benzene rings is 2. The topological polar surface area (TPSA) is 69.4 Å². The van der Waals surface area contributed by atoms with Crippen molar-refractivity contribution in [1.82, 2.24) is 0 Å². The number of hydrogen-bond donors (Lipinski definition) is 1. The maximum atomic E-state index is 11.2. The van der Waals surface area contributed by atoms with Crippen molar-refractivity contribution < 1.29 is 13.2 Å². The predicted molar refractivity (Wildman–Crippen MR) is 78.2 cm³/mol. The fourth-order valence-corrected chi connectivity index (χ4v) is 2.48. The Kier molecular flexibility index (Phi) is 4.42. The molecule has 2 aromatic carbocycles. The van der Waals surface area contributed by atoms with Crippen LogP contribution in [-0.4, -0.2) is 15.0 Å². The van der Waals surface area contributed by atoms with E-state index < -0.39 is 10.0 Å². The lowest BCUT2D eigenvalue weighted by Crippen LogP contribution is -2.12. The summed E-state index contributed by atoms with van der Waals surface area (Å²) in [5.74, 6) is 0.674. The molecule has 0 unspecified atom stereocenters. The van der Waals surface area contributed by atoms with Crippen molar-refractivity contribution >= 4 is 10.0 Å². The molecule has 20 heavy (non-hydrogen) atoms. The van der Waals surface area contributed by atoms with Gasteiger partial charge in [0.2, 0.25) is 10.0 Å². The molecule has 0 atom stereocenters. The van der Waals surface area contributed by atoms with E-state index in [1.54, 1.807) is 13.0 Å². The van der Waals surface area contributed by atoms with E-state index in [0.717, 1.165) is 12.0 Å². The highest BCUT2D eigenvalue weighted by molar-refractivity contribution is 7.89. The quantitative estimate of drug-likeness (QED) is 0.918. The van der Waals surface area contributed by atoms with Gasteiger partial charge in [-0.3, -0.25) is 0 Å². The first-order chi connectivity index (χ1) is 9.47. The Morgan fingerprint density at radius 1 is 1.10 bits per heavy atom. The van der Waals surface area contributed by atoms with Gasteiger partial charge in [-0.2, -0.15) is 0 Å². The molecular formula is C15H17NO3S. The van der Waals surface area contributed by atoms with Crippen molar-refractivity contribution in [1.29, 1.82) is 0 Å². The smallest absolute Gasteiger partial charge is 0.238 e. The summed E-state index contributed by atoms with van der Waals surface area (Å²) < 4.78 is 28.1. The number of aryl methyl sites for hydroxylation is 1. The monoisotopic (exact) mass is 291 g/mol. The van der Waals surface area contributed by atoms with Crippen molar-refractivity contribution in [3.63, 3.8) is 0 Å². The fraction of sp³-hybridized carbons (Fsp3) is 0.200. The minimum atomic E-state index is -3.66.